The van der Waals surface area contributed by atoms with Crippen molar-refractivity contribution in [3.63, 3.8) is 0 Å². The Morgan fingerprint density at radius 3 is 2.58 bits per heavy atom. The Morgan fingerprint density at radius 1 is 1.10 bits per heavy atom. The van der Waals surface area contributed by atoms with E-state index in [1.807, 2.05) is 0 Å². The molecule has 7 nitrogen and oxygen atoms in total. The molecule has 0 fully saturated rings. The molecule has 0 aliphatic carbocycles. The average Bonchev–Trinajstić information content (AvgIpc) is 2.73. The fourth-order valence-corrected chi connectivity index (χ4v) is 3.72. The Morgan fingerprint density at radius 2 is 1.87 bits per heavy atom. The number of nitrogens with one attached hydrogen (secondary N) is 3. The van der Waals surface area contributed by atoms with Crippen molar-refractivity contribution in [2.45, 2.75) is 17.9 Å². The summed E-state index contributed by atoms with van der Waals surface area (Å²) in [5, 5.41) is 6.08. The molecule has 2 rings (SSSR count). The van der Waals surface area contributed by atoms with Crippen molar-refractivity contribution in [1.29, 1.82) is 0 Å². The van der Waals surface area contributed by atoms with Crippen LogP contribution in [0, 0.1) is 11.6 Å². The van der Waals surface area contributed by atoms with Crippen LogP contribution in [0.3, 0.4) is 0 Å². The lowest BCUT2D eigenvalue weighted by Gasteiger charge is -2.13. The van der Waals surface area contributed by atoms with Crippen molar-refractivity contribution < 1.29 is 21.9 Å². The first-order chi connectivity index (χ1) is 14.4. The molecular weight excluding hydrogens is 541 g/mol. The normalized spacial score (nSPS) is 11.7. The zero-order valence-corrected chi connectivity index (χ0v) is 20.5. The van der Waals surface area contributed by atoms with Crippen molar-refractivity contribution >= 4 is 40.0 Å². The summed E-state index contributed by atoms with van der Waals surface area (Å²) in [6, 6.07) is 9.87. The molecule has 172 valence electrons. The van der Waals surface area contributed by atoms with Gasteiger partial charge in [0.15, 0.2) is 5.96 Å². The molecular formula is C20H27F2IN4O3S. The lowest BCUT2D eigenvalue weighted by Crippen LogP contribution is -2.38. The van der Waals surface area contributed by atoms with E-state index in [4.69, 9.17) is 4.74 Å². The number of guanidine groups is 1. The van der Waals surface area contributed by atoms with Crippen LogP contribution in [0.25, 0.3) is 0 Å². The molecule has 0 atom stereocenters. The summed E-state index contributed by atoms with van der Waals surface area (Å²) in [7, 11) is -0.543. The molecule has 3 N–H and O–H groups in total. The number of benzene rings is 2. The van der Waals surface area contributed by atoms with Crippen LogP contribution in [0.15, 0.2) is 52.4 Å². The molecule has 31 heavy (non-hydrogen) atoms. The number of ether oxygens (including phenoxy) is 1. The van der Waals surface area contributed by atoms with Gasteiger partial charge in [-0.3, -0.25) is 4.99 Å². The second-order valence-electron chi connectivity index (χ2n) is 6.38. The third kappa shape index (κ3) is 9.05. The third-order valence-corrected chi connectivity index (χ3v) is 5.64. The van der Waals surface area contributed by atoms with Gasteiger partial charge in [0.2, 0.25) is 10.0 Å². The van der Waals surface area contributed by atoms with Crippen LogP contribution in [-0.4, -0.2) is 48.2 Å². The first kappa shape index (κ1) is 27.2. The fraction of sp³-hybridized carbons (Fsp3) is 0.350. The minimum Gasteiger partial charge on any atom is -0.383 e. The highest BCUT2D eigenvalue weighted by Gasteiger charge is 2.13. The van der Waals surface area contributed by atoms with Crippen molar-refractivity contribution in [2.75, 3.05) is 33.9 Å². The highest BCUT2D eigenvalue weighted by Crippen LogP contribution is 2.12. The van der Waals surface area contributed by atoms with Crippen LogP contribution < -0.4 is 15.4 Å². The predicted molar refractivity (Wildman–Crippen MR) is 127 cm³/mol. The Hall–Kier alpha value is -1.83. The smallest absolute Gasteiger partial charge is 0.240 e. The van der Waals surface area contributed by atoms with Gasteiger partial charge in [-0.05, 0) is 47.9 Å². The van der Waals surface area contributed by atoms with Gasteiger partial charge in [-0.1, -0.05) is 12.1 Å². The third-order valence-electron chi connectivity index (χ3n) is 4.19. The summed E-state index contributed by atoms with van der Waals surface area (Å²) in [6.07, 6.45) is 0.283. The van der Waals surface area contributed by atoms with Crippen LogP contribution in [0.2, 0.25) is 0 Å². The number of hydrogen-bond donors (Lipinski definition) is 3. The molecule has 0 bridgehead atoms. The number of hydrogen-bond acceptors (Lipinski definition) is 4. The summed E-state index contributed by atoms with van der Waals surface area (Å²) in [5.41, 5.74) is 1.01. The monoisotopic (exact) mass is 568 g/mol. The Balaban J connectivity index is 0.00000480. The van der Waals surface area contributed by atoms with Crippen LogP contribution in [0.4, 0.5) is 8.78 Å². The number of methoxy groups -OCH3 is 1. The zero-order valence-electron chi connectivity index (χ0n) is 17.3. The lowest BCUT2D eigenvalue weighted by molar-refractivity contribution is 0.204. The molecule has 0 aliphatic heterocycles. The van der Waals surface area contributed by atoms with E-state index in [1.165, 1.54) is 19.2 Å². The van der Waals surface area contributed by atoms with E-state index in [1.54, 1.807) is 25.2 Å². The molecule has 0 unspecified atom stereocenters. The van der Waals surface area contributed by atoms with Crippen LogP contribution in [0.5, 0.6) is 0 Å². The molecule has 0 heterocycles. The van der Waals surface area contributed by atoms with Gasteiger partial charge in [-0.25, -0.2) is 21.9 Å². The van der Waals surface area contributed by atoms with Crippen molar-refractivity contribution in [3.8, 4) is 0 Å². The van der Waals surface area contributed by atoms with Gasteiger partial charge in [-0.15, -0.1) is 24.0 Å². The predicted octanol–water partition coefficient (Wildman–Crippen LogP) is 2.42. The molecule has 0 aromatic heterocycles. The molecule has 0 amide bonds. The number of rotatable bonds is 10. The number of sulfonamides is 1. The van der Waals surface area contributed by atoms with E-state index in [2.05, 4.69) is 20.3 Å². The Labute approximate surface area is 198 Å². The van der Waals surface area contributed by atoms with Gasteiger partial charge in [0.1, 0.15) is 11.6 Å². The second-order valence-corrected chi connectivity index (χ2v) is 8.14. The van der Waals surface area contributed by atoms with E-state index in [0.29, 0.717) is 19.0 Å². The van der Waals surface area contributed by atoms with Gasteiger partial charge in [-0.2, -0.15) is 0 Å². The largest absolute Gasteiger partial charge is 0.383 e. The highest BCUT2D eigenvalue weighted by atomic mass is 127. The van der Waals surface area contributed by atoms with E-state index >= 15 is 0 Å². The fourth-order valence-electron chi connectivity index (χ4n) is 2.64. The van der Waals surface area contributed by atoms with E-state index in [-0.39, 0.29) is 54.0 Å². The van der Waals surface area contributed by atoms with Gasteiger partial charge >= 0.3 is 0 Å². The minimum atomic E-state index is -3.62. The van der Waals surface area contributed by atoms with Gasteiger partial charge in [0.25, 0.3) is 0 Å². The number of nitrogens with zero attached hydrogens (tertiary/aromatic N) is 1. The summed E-state index contributed by atoms with van der Waals surface area (Å²) in [5.74, 6) is -0.489. The van der Waals surface area contributed by atoms with Gasteiger partial charge in [0, 0.05) is 33.8 Å². The first-order valence-corrected chi connectivity index (χ1v) is 10.8. The summed E-state index contributed by atoms with van der Waals surface area (Å²) < 4.78 is 58.8. The average molecular weight is 568 g/mol. The van der Waals surface area contributed by atoms with E-state index in [0.717, 1.165) is 17.7 Å². The molecule has 0 radical (unpaired) electrons. The zero-order chi connectivity index (χ0) is 22.0. The maximum atomic E-state index is 13.7. The second kappa shape index (κ2) is 13.6. The Kier molecular flexibility index (Phi) is 11.9. The SMILES string of the molecule is CN=C(NCCc1cc(F)ccc1F)NCc1cccc(S(=O)(=O)NCCOC)c1.I. The maximum Gasteiger partial charge on any atom is 0.240 e. The van der Waals surface area contributed by atoms with Crippen LogP contribution in [-0.2, 0) is 27.7 Å². The van der Waals surface area contributed by atoms with Crippen molar-refractivity contribution in [3.05, 3.63) is 65.2 Å². The van der Waals surface area contributed by atoms with E-state index < -0.39 is 21.7 Å². The summed E-state index contributed by atoms with van der Waals surface area (Å²) >= 11 is 0. The van der Waals surface area contributed by atoms with Crippen molar-refractivity contribution in [1.82, 2.24) is 15.4 Å². The molecule has 0 aliphatic rings. The molecule has 2 aromatic rings. The van der Waals surface area contributed by atoms with Crippen molar-refractivity contribution in [2.24, 2.45) is 4.99 Å². The molecule has 0 spiro atoms. The molecule has 11 heteroatoms. The quantitative estimate of drug-likeness (QED) is 0.177. The highest BCUT2D eigenvalue weighted by molar-refractivity contribution is 14.0. The van der Waals surface area contributed by atoms with Gasteiger partial charge in [0.05, 0.1) is 11.5 Å². The van der Waals surface area contributed by atoms with Crippen LogP contribution in [0.1, 0.15) is 11.1 Å². The maximum absolute atomic E-state index is 13.7. The van der Waals surface area contributed by atoms with Crippen LogP contribution >= 0.6 is 24.0 Å². The number of aliphatic imine (C=N–C) groups is 1. The Bertz CT molecular complexity index is 975. The van der Waals surface area contributed by atoms with Gasteiger partial charge < -0.3 is 15.4 Å². The molecule has 2 aromatic carbocycles. The summed E-state index contributed by atoms with van der Waals surface area (Å²) in [6.45, 7) is 1.14. The van der Waals surface area contributed by atoms with E-state index in [9.17, 15) is 17.2 Å². The lowest BCUT2D eigenvalue weighted by atomic mass is 10.1. The standard InChI is InChI=1S/C20H26F2N4O3S.HI/c1-23-20(24-9-8-16-13-17(21)6-7-19(16)22)25-14-15-4-3-5-18(12-15)30(27,28)26-10-11-29-2;/h3-7,12-13,26H,8-11,14H2,1-2H3,(H2,23,24,25);1H. The minimum absolute atomic E-state index is 0. The topological polar surface area (TPSA) is 91.8 Å². The number of halogens is 3. The summed E-state index contributed by atoms with van der Waals surface area (Å²) in [4.78, 5) is 4.23. The molecule has 0 saturated heterocycles. The first-order valence-electron chi connectivity index (χ1n) is 9.31. The molecule has 0 saturated carbocycles.